The maximum atomic E-state index is 11.3. The number of anilines is 1. The van der Waals surface area contributed by atoms with Crippen molar-refractivity contribution >= 4 is 17.3 Å². The van der Waals surface area contributed by atoms with Crippen LogP contribution in [0.5, 0.6) is 0 Å². The molecule has 2 heterocycles. The van der Waals surface area contributed by atoms with Crippen molar-refractivity contribution in [2.45, 2.75) is 6.92 Å². The number of hydrogen-bond donors (Lipinski definition) is 1. The van der Waals surface area contributed by atoms with E-state index in [2.05, 4.69) is 19.9 Å². The highest BCUT2D eigenvalue weighted by Gasteiger charge is 2.18. The standard InChI is InChI=1S/C8H9N5O2/c1-4-5(8(14)15-2)12-13-6(4)7(9)10-3-11-13/h3H,1-2H3,(H2,9,10,11). The van der Waals surface area contributed by atoms with E-state index >= 15 is 0 Å². The number of aryl methyl sites for hydroxylation is 1. The molecule has 0 unspecified atom stereocenters. The maximum Gasteiger partial charge on any atom is 0.358 e. The van der Waals surface area contributed by atoms with Crippen molar-refractivity contribution in [1.82, 2.24) is 19.8 Å². The van der Waals surface area contributed by atoms with Gasteiger partial charge in [0.1, 0.15) is 11.8 Å². The second-order valence-electron chi connectivity index (χ2n) is 2.95. The van der Waals surface area contributed by atoms with Gasteiger partial charge in [-0.15, -0.1) is 14.8 Å². The molecule has 0 atom stereocenters. The molecule has 2 N–H and O–H groups in total. The highest BCUT2D eigenvalue weighted by Crippen LogP contribution is 2.17. The van der Waals surface area contributed by atoms with E-state index in [4.69, 9.17) is 5.73 Å². The van der Waals surface area contributed by atoms with Crippen LogP contribution in [-0.4, -0.2) is 32.9 Å². The second-order valence-corrected chi connectivity index (χ2v) is 2.95. The molecule has 0 aliphatic carbocycles. The summed E-state index contributed by atoms with van der Waals surface area (Å²) in [5.41, 5.74) is 6.98. The van der Waals surface area contributed by atoms with Gasteiger partial charge in [0.15, 0.2) is 11.5 Å². The molecule has 0 saturated carbocycles. The van der Waals surface area contributed by atoms with Crippen molar-refractivity contribution in [2.24, 2.45) is 0 Å². The molecule has 15 heavy (non-hydrogen) atoms. The molecule has 0 radical (unpaired) electrons. The maximum absolute atomic E-state index is 11.3. The molecular formula is C8H9N5O2. The lowest BCUT2D eigenvalue weighted by Crippen LogP contribution is -2.04. The molecule has 2 rings (SSSR count). The fourth-order valence-corrected chi connectivity index (χ4v) is 1.35. The predicted octanol–water partition coefficient (Wildman–Crippen LogP) is -0.198. The topological polar surface area (TPSA) is 95.4 Å². The van der Waals surface area contributed by atoms with Gasteiger partial charge in [0, 0.05) is 5.56 Å². The zero-order valence-electron chi connectivity index (χ0n) is 8.26. The van der Waals surface area contributed by atoms with Gasteiger partial charge in [-0.1, -0.05) is 0 Å². The number of ether oxygens (including phenoxy) is 1. The van der Waals surface area contributed by atoms with Crippen LogP contribution in [0.1, 0.15) is 16.1 Å². The Hall–Kier alpha value is -2.18. The van der Waals surface area contributed by atoms with Crippen LogP contribution in [0.3, 0.4) is 0 Å². The Morgan fingerprint density at radius 2 is 2.33 bits per heavy atom. The molecule has 7 heteroatoms. The summed E-state index contributed by atoms with van der Waals surface area (Å²) in [7, 11) is 1.29. The molecule has 0 bridgehead atoms. The van der Waals surface area contributed by atoms with Gasteiger partial charge in [-0.3, -0.25) is 0 Å². The molecule has 0 saturated heterocycles. The molecule has 0 aromatic carbocycles. The first kappa shape index (κ1) is 9.38. The smallest absolute Gasteiger partial charge is 0.358 e. The van der Waals surface area contributed by atoms with Crippen molar-refractivity contribution in [1.29, 1.82) is 0 Å². The van der Waals surface area contributed by atoms with E-state index in [-0.39, 0.29) is 11.5 Å². The van der Waals surface area contributed by atoms with E-state index < -0.39 is 5.97 Å². The monoisotopic (exact) mass is 207 g/mol. The summed E-state index contributed by atoms with van der Waals surface area (Å²) in [6.45, 7) is 1.72. The normalized spacial score (nSPS) is 10.5. The number of nitrogens with zero attached hydrogens (tertiary/aromatic N) is 4. The zero-order valence-corrected chi connectivity index (χ0v) is 8.26. The van der Waals surface area contributed by atoms with Crippen LogP contribution >= 0.6 is 0 Å². The van der Waals surface area contributed by atoms with Gasteiger partial charge in [-0.25, -0.2) is 9.78 Å². The molecule has 0 aliphatic rings. The number of hydrogen-bond acceptors (Lipinski definition) is 6. The van der Waals surface area contributed by atoms with Gasteiger partial charge in [-0.05, 0) is 6.92 Å². The number of rotatable bonds is 1. The first-order valence-corrected chi connectivity index (χ1v) is 4.19. The zero-order chi connectivity index (χ0) is 11.0. The minimum Gasteiger partial charge on any atom is -0.464 e. The number of methoxy groups -OCH3 is 1. The molecular weight excluding hydrogens is 198 g/mol. The van der Waals surface area contributed by atoms with Crippen molar-refractivity contribution in [3.8, 4) is 0 Å². The summed E-state index contributed by atoms with van der Waals surface area (Å²) < 4.78 is 5.85. The molecule has 78 valence electrons. The molecule has 0 spiro atoms. The minimum atomic E-state index is -0.516. The van der Waals surface area contributed by atoms with Crippen LogP contribution < -0.4 is 5.73 Å². The Bertz CT molecular complexity index is 533. The van der Waals surface area contributed by atoms with Crippen molar-refractivity contribution in [2.75, 3.05) is 12.8 Å². The molecule has 0 fully saturated rings. The third-order valence-electron chi connectivity index (χ3n) is 2.08. The molecule has 2 aromatic heterocycles. The highest BCUT2D eigenvalue weighted by atomic mass is 16.5. The highest BCUT2D eigenvalue weighted by molar-refractivity contribution is 5.92. The van der Waals surface area contributed by atoms with Gasteiger partial charge in [0.05, 0.1) is 7.11 Å². The van der Waals surface area contributed by atoms with E-state index in [0.29, 0.717) is 11.1 Å². The first-order chi connectivity index (χ1) is 7.15. The summed E-state index contributed by atoms with van der Waals surface area (Å²) in [6, 6.07) is 0. The number of fused-ring (bicyclic) bond motifs is 1. The van der Waals surface area contributed by atoms with Crippen molar-refractivity contribution in [3.05, 3.63) is 17.6 Å². The lowest BCUT2D eigenvalue weighted by molar-refractivity contribution is 0.0592. The molecule has 2 aromatic rings. The summed E-state index contributed by atoms with van der Waals surface area (Å²) in [5.74, 6) is -0.234. The van der Waals surface area contributed by atoms with Crippen molar-refractivity contribution < 1.29 is 9.53 Å². The number of esters is 1. The Morgan fingerprint density at radius 3 is 2.93 bits per heavy atom. The lowest BCUT2D eigenvalue weighted by Gasteiger charge is -1.95. The molecule has 0 aliphatic heterocycles. The van der Waals surface area contributed by atoms with E-state index in [1.165, 1.54) is 18.1 Å². The Morgan fingerprint density at radius 1 is 1.60 bits per heavy atom. The number of carbonyl (C=O) groups is 1. The van der Waals surface area contributed by atoms with Gasteiger partial charge < -0.3 is 10.5 Å². The minimum absolute atomic E-state index is 0.199. The van der Waals surface area contributed by atoms with Crippen LogP contribution in [0.2, 0.25) is 0 Å². The number of carbonyl (C=O) groups excluding carboxylic acids is 1. The van der Waals surface area contributed by atoms with Crippen LogP contribution in [0.15, 0.2) is 6.33 Å². The summed E-state index contributed by atoms with van der Waals surface area (Å²) in [5, 5.41) is 7.80. The van der Waals surface area contributed by atoms with E-state index in [1.54, 1.807) is 6.92 Å². The first-order valence-electron chi connectivity index (χ1n) is 4.19. The van der Waals surface area contributed by atoms with Crippen molar-refractivity contribution in [3.63, 3.8) is 0 Å². The fourth-order valence-electron chi connectivity index (χ4n) is 1.35. The lowest BCUT2D eigenvalue weighted by atomic mass is 10.2. The Balaban J connectivity index is 2.75. The van der Waals surface area contributed by atoms with Crippen LogP contribution in [0.25, 0.3) is 5.52 Å². The largest absolute Gasteiger partial charge is 0.464 e. The van der Waals surface area contributed by atoms with Crippen LogP contribution in [0.4, 0.5) is 5.82 Å². The average molecular weight is 207 g/mol. The number of nitrogen functional groups attached to an aromatic ring is 1. The Labute approximate surface area is 84.9 Å². The average Bonchev–Trinajstić information content (AvgIpc) is 2.56. The van der Waals surface area contributed by atoms with E-state index in [1.807, 2.05) is 0 Å². The molecule has 0 amide bonds. The van der Waals surface area contributed by atoms with Crippen LogP contribution in [0, 0.1) is 6.92 Å². The predicted molar refractivity (Wildman–Crippen MR) is 51.3 cm³/mol. The van der Waals surface area contributed by atoms with Gasteiger partial charge in [0.25, 0.3) is 0 Å². The number of aromatic nitrogens is 4. The second kappa shape index (κ2) is 3.19. The van der Waals surface area contributed by atoms with Crippen LogP contribution in [-0.2, 0) is 4.74 Å². The SMILES string of the molecule is COC(=O)c1nn2ncnc(N)c2c1C. The fraction of sp³-hybridized carbons (Fsp3) is 0.250. The summed E-state index contributed by atoms with van der Waals surface area (Å²) in [4.78, 5) is 15.1. The molecule has 7 nitrogen and oxygen atoms in total. The Kier molecular flexibility index (Phi) is 2.00. The summed E-state index contributed by atoms with van der Waals surface area (Å²) >= 11 is 0. The third kappa shape index (κ3) is 1.28. The summed E-state index contributed by atoms with van der Waals surface area (Å²) in [6.07, 6.45) is 1.27. The van der Waals surface area contributed by atoms with Gasteiger partial charge >= 0.3 is 5.97 Å². The third-order valence-corrected chi connectivity index (χ3v) is 2.08. The van der Waals surface area contributed by atoms with E-state index in [9.17, 15) is 4.79 Å². The number of nitrogens with two attached hydrogens (primary N) is 1. The quantitative estimate of drug-likeness (QED) is 0.650. The van der Waals surface area contributed by atoms with E-state index in [0.717, 1.165) is 0 Å². The van der Waals surface area contributed by atoms with Gasteiger partial charge in [-0.2, -0.15) is 0 Å². The van der Waals surface area contributed by atoms with Gasteiger partial charge in [0.2, 0.25) is 0 Å².